The average Bonchev–Trinajstić information content (AvgIpc) is 2.18. The van der Waals surface area contributed by atoms with E-state index in [1.54, 1.807) is 19.1 Å². The molecule has 1 aromatic rings. The molecule has 0 saturated carbocycles. The van der Waals surface area contributed by atoms with Crippen LogP contribution in [-0.4, -0.2) is 25.7 Å². The molecule has 0 aliphatic carbocycles. The summed E-state index contributed by atoms with van der Waals surface area (Å²) < 4.78 is 24.9. The topological polar surface area (TPSA) is 83.5 Å². The van der Waals surface area contributed by atoms with Gasteiger partial charge in [-0.1, -0.05) is 6.07 Å². The van der Waals surface area contributed by atoms with Crippen molar-refractivity contribution < 1.29 is 18.3 Å². The predicted molar refractivity (Wildman–Crippen MR) is 68.7 cm³/mol. The number of sulfonamides is 1. The lowest BCUT2D eigenvalue weighted by Gasteiger charge is -2.11. The van der Waals surface area contributed by atoms with Crippen molar-refractivity contribution in [2.24, 2.45) is 0 Å². The summed E-state index contributed by atoms with van der Waals surface area (Å²) in [5.41, 5.74) is 0.984. The third-order valence-electron chi connectivity index (χ3n) is 2.16. The zero-order valence-electron chi connectivity index (χ0n) is 9.27. The average molecular weight is 322 g/mol. The van der Waals surface area contributed by atoms with E-state index in [0.29, 0.717) is 15.7 Å². The second kappa shape index (κ2) is 5.05. The normalized spacial score (nSPS) is 13.1. The van der Waals surface area contributed by atoms with Crippen LogP contribution in [0.5, 0.6) is 0 Å². The van der Waals surface area contributed by atoms with Crippen LogP contribution in [0.3, 0.4) is 0 Å². The molecule has 0 radical (unpaired) electrons. The summed E-state index contributed by atoms with van der Waals surface area (Å²) >= 11 is 3.20. The Hall–Kier alpha value is -1.08. The zero-order valence-corrected chi connectivity index (χ0v) is 11.7. The molecule has 1 unspecified atom stereocenters. The number of halogens is 1. The summed E-state index contributed by atoms with van der Waals surface area (Å²) in [7, 11) is -3.35. The Balaban J connectivity index is 3.06. The van der Waals surface area contributed by atoms with Gasteiger partial charge < -0.3 is 5.11 Å². The van der Waals surface area contributed by atoms with Crippen molar-refractivity contribution in [3.63, 3.8) is 0 Å². The van der Waals surface area contributed by atoms with Gasteiger partial charge in [0.1, 0.15) is 0 Å². The second-order valence-electron chi connectivity index (χ2n) is 3.67. The molecule has 5 nitrogen and oxygen atoms in total. The van der Waals surface area contributed by atoms with Crippen molar-refractivity contribution in [3.05, 3.63) is 28.2 Å². The lowest BCUT2D eigenvalue weighted by atomic mass is 10.0. The Kier molecular flexibility index (Phi) is 4.16. The number of carbonyl (C=O) groups is 1. The molecule has 1 atom stereocenters. The molecule has 0 aliphatic heterocycles. The van der Waals surface area contributed by atoms with Gasteiger partial charge in [0.15, 0.2) is 0 Å². The van der Waals surface area contributed by atoms with E-state index in [9.17, 15) is 13.2 Å². The van der Waals surface area contributed by atoms with Crippen LogP contribution in [0.1, 0.15) is 18.4 Å². The van der Waals surface area contributed by atoms with Gasteiger partial charge in [-0.05, 0) is 40.5 Å². The van der Waals surface area contributed by atoms with Crippen LogP contribution >= 0.6 is 15.9 Å². The Bertz CT molecular complexity index is 541. The minimum atomic E-state index is -3.35. The first-order valence-corrected chi connectivity index (χ1v) is 7.39. The first-order chi connectivity index (χ1) is 7.70. The zero-order chi connectivity index (χ0) is 13.2. The lowest BCUT2D eigenvalue weighted by Crippen LogP contribution is -2.11. The SMILES string of the molecule is CC(C(=O)O)c1ccc(NS(C)(=O)=O)c(Br)c1. The molecule has 0 heterocycles. The first-order valence-electron chi connectivity index (χ1n) is 4.71. The number of carboxylic acid groups (broad SMARTS) is 1. The monoisotopic (exact) mass is 321 g/mol. The van der Waals surface area contributed by atoms with Crippen LogP contribution in [0.25, 0.3) is 0 Å². The highest BCUT2D eigenvalue weighted by Gasteiger charge is 2.15. The number of rotatable bonds is 4. The molecule has 0 amide bonds. The summed E-state index contributed by atoms with van der Waals surface area (Å²) in [6.45, 7) is 1.56. The van der Waals surface area contributed by atoms with Gasteiger partial charge in [0.2, 0.25) is 10.0 Å². The van der Waals surface area contributed by atoms with E-state index < -0.39 is 21.9 Å². The molecular weight excluding hydrogens is 310 g/mol. The highest BCUT2D eigenvalue weighted by Crippen LogP contribution is 2.27. The van der Waals surface area contributed by atoms with E-state index in [0.717, 1.165) is 6.26 Å². The molecule has 0 bridgehead atoms. The molecule has 0 saturated heterocycles. The molecule has 0 spiro atoms. The molecule has 1 aromatic carbocycles. The molecular formula is C10H12BrNO4S. The van der Waals surface area contributed by atoms with Crippen molar-refractivity contribution in [1.82, 2.24) is 0 Å². The van der Waals surface area contributed by atoms with E-state index >= 15 is 0 Å². The number of anilines is 1. The number of aliphatic carboxylic acids is 1. The van der Waals surface area contributed by atoms with Gasteiger partial charge in [-0.2, -0.15) is 0 Å². The fraction of sp³-hybridized carbons (Fsp3) is 0.300. The Morgan fingerprint density at radius 3 is 2.47 bits per heavy atom. The van der Waals surface area contributed by atoms with Gasteiger partial charge in [-0.3, -0.25) is 9.52 Å². The maximum absolute atomic E-state index is 11.1. The highest BCUT2D eigenvalue weighted by atomic mass is 79.9. The Morgan fingerprint density at radius 2 is 2.06 bits per heavy atom. The Labute approximate surface area is 108 Å². The first kappa shape index (κ1) is 14.0. The van der Waals surface area contributed by atoms with Gasteiger partial charge in [0.25, 0.3) is 0 Å². The van der Waals surface area contributed by atoms with Crippen molar-refractivity contribution in [2.45, 2.75) is 12.8 Å². The van der Waals surface area contributed by atoms with Gasteiger partial charge in [0.05, 0.1) is 17.9 Å². The fourth-order valence-corrected chi connectivity index (χ4v) is 2.43. The quantitative estimate of drug-likeness (QED) is 0.888. The molecule has 7 heteroatoms. The van der Waals surface area contributed by atoms with Crippen molar-refractivity contribution in [3.8, 4) is 0 Å². The molecule has 0 aromatic heterocycles. The molecule has 2 N–H and O–H groups in total. The van der Waals surface area contributed by atoms with E-state index in [2.05, 4.69) is 20.7 Å². The summed E-state index contributed by atoms with van der Waals surface area (Å²) in [6, 6.07) is 4.70. The highest BCUT2D eigenvalue weighted by molar-refractivity contribution is 9.10. The van der Waals surface area contributed by atoms with E-state index in [4.69, 9.17) is 5.11 Å². The molecule has 0 fully saturated rings. The van der Waals surface area contributed by atoms with Crippen LogP contribution in [0.2, 0.25) is 0 Å². The van der Waals surface area contributed by atoms with Gasteiger partial charge in [0, 0.05) is 4.47 Å². The van der Waals surface area contributed by atoms with Crippen LogP contribution in [-0.2, 0) is 14.8 Å². The van der Waals surface area contributed by atoms with Gasteiger partial charge in [-0.25, -0.2) is 8.42 Å². The lowest BCUT2D eigenvalue weighted by molar-refractivity contribution is -0.138. The standard InChI is InChI=1S/C10H12BrNO4S/c1-6(10(13)14)7-3-4-9(8(11)5-7)12-17(2,15)16/h3-6,12H,1-2H3,(H,13,14). The third-order valence-corrected chi connectivity index (χ3v) is 3.41. The van der Waals surface area contributed by atoms with Crippen molar-refractivity contribution >= 4 is 37.6 Å². The smallest absolute Gasteiger partial charge is 0.310 e. The molecule has 94 valence electrons. The van der Waals surface area contributed by atoms with Gasteiger partial charge >= 0.3 is 5.97 Å². The van der Waals surface area contributed by atoms with Crippen LogP contribution in [0, 0.1) is 0 Å². The van der Waals surface area contributed by atoms with Crippen LogP contribution in [0.15, 0.2) is 22.7 Å². The summed E-state index contributed by atoms with van der Waals surface area (Å²) in [5.74, 6) is -1.57. The second-order valence-corrected chi connectivity index (χ2v) is 6.28. The van der Waals surface area contributed by atoms with Crippen molar-refractivity contribution in [1.29, 1.82) is 0 Å². The van der Waals surface area contributed by atoms with Crippen LogP contribution < -0.4 is 4.72 Å². The van der Waals surface area contributed by atoms with E-state index in [-0.39, 0.29) is 0 Å². The predicted octanol–water partition coefficient (Wildman–Crippen LogP) is 2.01. The molecule has 0 aliphatic rings. The summed E-state index contributed by atoms with van der Waals surface area (Å²) in [4.78, 5) is 10.8. The summed E-state index contributed by atoms with van der Waals surface area (Å²) in [6.07, 6.45) is 1.05. The fourth-order valence-electron chi connectivity index (χ4n) is 1.23. The van der Waals surface area contributed by atoms with Crippen LogP contribution in [0.4, 0.5) is 5.69 Å². The molecule has 17 heavy (non-hydrogen) atoms. The number of benzene rings is 1. The maximum atomic E-state index is 11.1. The largest absolute Gasteiger partial charge is 0.481 e. The third kappa shape index (κ3) is 4.01. The maximum Gasteiger partial charge on any atom is 0.310 e. The van der Waals surface area contributed by atoms with Crippen molar-refractivity contribution in [2.75, 3.05) is 11.0 Å². The number of nitrogens with one attached hydrogen (secondary N) is 1. The Morgan fingerprint density at radius 1 is 1.47 bits per heavy atom. The summed E-state index contributed by atoms with van der Waals surface area (Å²) in [5, 5.41) is 8.86. The number of hydrogen-bond acceptors (Lipinski definition) is 3. The van der Waals surface area contributed by atoms with E-state index in [1.165, 1.54) is 6.07 Å². The number of hydrogen-bond donors (Lipinski definition) is 2. The number of carboxylic acids is 1. The van der Waals surface area contributed by atoms with Gasteiger partial charge in [-0.15, -0.1) is 0 Å². The minimum absolute atomic E-state index is 0.383. The molecule has 1 rings (SSSR count). The van der Waals surface area contributed by atoms with E-state index in [1.807, 2.05) is 0 Å². The minimum Gasteiger partial charge on any atom is -0.481 e.